The molecule has 0 fully saturated rings. The Labute approximate surface area is 313 Å². The molecule has 0 saturated carbocycles. The number of hydrogen-bond acceptors (Lipinski definition) is 0. The minimum absolute atomic E-state index is 0. The topological polar surface area (TPSA) is 53.5 Å². The predicted molar refractivity (Wildman–Crippen MR) is 214 cm³/mol. The standard InChI is InChI=1S/C40H58N2.2C2H6N.Ni/c1-5-9-13-14-15-16-17-18-19-20-24-34-25-21-22-28-36(34)40-38(27-12-8-4)37(26-11-7-3)39(42(40)41)35-31-29-33(30-32-35)23-10-6-2;2*1-3-2;/h17-18,21-22,25,28-32H,5-16,19-20,23-24,26-27H2,1-4H3;2*1-2H3;/q;2*-1;+2. The Morgan fingerprint density at radius 2 is 1.04 bits per heavy atom. The first-order valence-corrected chi connectivity index (χ1v) is 19.2. The van der Waals surface area contributed by atoms with Crippen LogP contribution in [0.5, 0.6) is 0 Å². The summed E-state index contributed by atoms with van der Waals surface area (Å²) in [5.74, 6) is 0. The monoisotopic (exact) mass is 712 g/mol. The normalized spacial score (nSPS) is 12.5. The maximum Gasteiger partial charge on any atom is 2.00 e. The summed E-state index contributed by atoms with van der Waals surface area (Å²) in [6.45, 7) is 9.06. The van der Waals surface area contributed by atoms with Crippen LogP contribution in [0.2, 0.25) is 0 Å². The van der Waals surface area contributed by atoms with Crippen molar-refractivity contribution in [2.24, 2.45) is 0 Å². The molecule has 0 amide bonds. The summed E-state index contributed by atoms with van der Waals surface area (Å²) >= 11 is 0. The van der Waals surface area contributed by atoms with Gasteiger partial charge in [-0.1, -0.05) is 115 Å². The Bertz CT molecular complexity index is 1220. The Morgan fingerprint density at radius 3 is 1.61 bits per heavy atom. The Kier molecular flexibility index (Phi) is 29.0. The van der Waals surface area contributed by atoms with E-state index in [1.54, 1.807) is 32.9 Å². The van der Waals surface area contributed by atoms with Crippen LogP contribution in [-0.2, 0) is 29.3 Å². The smallest absolute Gasteiger partial charge is 0.668 e. The second-order valence-corrected chi connectivity index (χ2v) is 13.1. The molecule has 0 aliphatic carbocycles. The molecule has 0 atom stereocenters. The van der Waals surface area contributed by atoms with E-state index in [9.17, 15) is 5.53 Å². The van der Waals surface area contributed by atoms with Crippen LogP contribution in [0.3, 0.4) is 0 Å². The maximum atomic E-state index is 12.0. The molecule has 0 unspecified atom stereocenters. The Morgan fingerprint density at radius 1 is 0.551 bits per heavy atom. The van der Waals surface area contributed by atoms with Crippen molar-refractivity contribution in [3.05, 3.63) is 110 Å². The third-order valence-corrected chi connectivity index (χ3v) is 8.70. The molecule has 49 heavy (non-hydrogen) atoms. The molecule has 0 saturated heterocycles. The molecule has 5 heteroatoms. The van der Waals surface area contributed by atoms with Gasteiger partial charge in [-0.05, 0) is 100.0 Å². The van der Waals surface area contributed by atoms with Gasteiger partial charge in [0.1, 0.15) is 0 Å². The minimum atomic E-state index is 0. The minimum Gasteiger partial charge on any atom is -0.668 e. The second kappa shape index (κ2) is 30.5. The number of allylic oxidation sites excluding steroid dienone is 4. The number of aryl methyl sites for hydroxylation is 2. The van der Waals surface area contributed by atoms with Crippen molar-refractivity contribution < 1.29 is 21.2 Å². The van der Waals surface area contributed by atoms with Crippen molar-refractivity contribution in [2.75, 3.05) is 28.2 Å². The number of rotatable bonds is 21. The molecule has 0 aromatic heterocycles. The molecule has 0 N–H and O–H groups in total. The van der Waals surface area contributed by atoms with Crippen LogP contribution >= 0.6 is 0 Å². The summed E-state index contributed by atoms with van der Waals surface area (Å²) in [5, 5.41) is 7.00. The summed E-state index contributed by atoms with van der Waals surface area (Å²) < 4.78 is 1.56. The molecule has 2 aromatic carbocycles. The molecule has 0 bridgehead atoms. The first-order valence-electron chi connectivity index (χ1n) is 19.2. The van der Waals surface area contributed by atoms with Crippen molar-refractivity contribution in [3.63, 3.8) is 0 Å². The average Bonchev–Trinajstić information content (AvgIpc) is 3.37. The van der Waals surface area contributed by atoms with Gasteiger partial charge < -0.3 is 16.2 Å². The van der Waals surface area contributed by atoms with Crippen molar-refractivity contribution in [1.82, 2.24) is 0 Å². The molecular weight excluding hydrogens is 643 g/mol. The fourth-order valence-corrected chi connectivity index (χ4v) is 6.16. The summed E-state index contributed by atoms with van der Waals surface area (Å²) in [4.78, 5) is 0. The quantitative estimate of drug-likeness (QED) is 0.0535. The van der Waals surface area contributed by atoms with Gasteiger partial charge in [0, 0.05) is 22.3 Å². The van der Waals surface area contributed by atoms with Gasteiger partial charge in [-0.2, -0.15) is 28.2 Å². The third-order valence-electron chi connectivity index (χ3n) is 8.70. The van der Waals surface area contributed by atoms with Gasteiger partial charge in [-0.15, -0.1) is 0 Å². The zero-order chi connectivity index (χ0) is 35.4. The summed E-state index contributed by atoms with van der Waals surface area (Å²) in [6, 6.07) is 17.8. The van der Waals surface area contributed by atoms with Gasteiger partial charge in [0.2, 0.25) is 11.4 Å². The molecule has 276 valence electrons. The van der Waals surface area contributed by atoms with E-state index in [0.717, 1.165) is 81.2 Å². The Balaban J connectivity index is 0.00000306. The Hall–Kier alpha value is -2.33. The van der Waals surface area contributed by atoms with E-state index in [0.29, 0.717) is 0 Å². The fourth-order valence-electron chi connectivity index (χ4n) is 6.16. The first-order chi connectivity index (χ1) is 23.5. The zero-order valence-electron chi connectivity index (χ0n) is 32.6. The largest absolute Gasteiger partial charge is 2.00 e. The first kappa shape index (κ1) is 46.7. The van der Waals surface area contributed by atoms with Crippen LogP contribution in [0.25, 0.3) is 27.6 Å². The van der Waals surface area contributed by atoms with Crippen LogP contribution in [-0.4, -0.2) is 32.9 Å². The van der Waals surface area contributed by atoms with Crippen molar-refractivity contribution >= 4 is 11.4 Å². The van der Waals surface area contributed by atoms with Crippen LogP contribution in [0.1, 0.15) is 153 Å². The van der Waals surface area contributed by atoms with Crippen LogP contribution in [0, 0.1) is 0 Å². The molecule has 0 radical (unpaired) electrons. The van der Waals surface area contributed by atoms with E-state index < -0.39 is 0 Å². The maximum absolute atomic E-state index is 12.0. The SMILES string of the molecule is CCCCCCCC=CCCCc1ccccc1C1=C(CCCC)C(CCCC)=C(c2ccc(CCCC)cc2)[N+]1=[N-].C[N-]C.C[N-]C.[Ni+2]. The average molecular weight is 714 g/mol. The number of nitrogens with zero attached hydrogens (tertiary/aromatic N) is 4. The van der Waals surface area contributed by atoms with Crippen LogP contribution < -0.4 is 0 Å². The van der Waals surface area contributed by atoms with E-state index in [4.69, 9.17) is 0 Å². The van der Waals surface area contributed by atoms with Gasteiger partial charge >= 0.3 is 16.5 Å². The van der Waals surface area contributed by atoms with Gasteiger partial charge in [-0.25, -0.2) is 4.70 Å². The van der Waals surface area contributed by atoms with E-state index in [1.807, 2.05) is 0 Å². The summed E-state index contributed by atoms with van der Waals surface area (Å²) in [6.07, 6.45) is 26.1. The van der Waals surface area contributed by atoms with E-state index in [1.165, 1.54) is 79.2 Å². The molecule has 2 aromatic rings. The summed E-state index contributed by atoms with van der Waals surface area (Å²) in [7, 11) is 7.00. The van der Waals surface area contributed by atoms with Crippen molar-refractivity contribution in [3.8, 4) is 0 Å². The fraction of sp³-hybridized carbons (Fsp3) is 0.591. The van der Waals surface area contributed by atoms with E-state index >= 15 is 0 Å². The van der Waals surface area contributed by atoms with E-state index in [-0.39, 0.29) is 16.5 Å². The number of unbranched alkanes of at least 4 members (excludes halogenated alkanes) is 9. The van der Waals surface area contributed by atoms with Crippen LogP contribution in [0.15, 0.2) is 71.8 Å². The van der Waals surface area contributed by atoms with Gasteiger partial charge in [0.25, 0.3) is 0 Å². The zero-order valence-corrected chi connectivity index (χ0v) is 33.6. The van der Waals surface area contributed by atoms with Crippen molar-refractivity contribution in [2.45, 2.75) is 143 Å². The van der Waals surface area contributed by atoms with Gasteiger partial charge in [0.15, 0.2) is 0 Å². The molecule has 1 aliphatic heterocycles. The number of benzene rings is 2. The van der Waals surface area contributed by atoms with Gasteiger partial charge in [0.05, 0.1) is 0 Å². The number of hydrogen-bond donors (Lipinski definition) is 0. The van der Waals surface area contributed by atoms with Crippen LogP contribution in [0.4, 0.5) is 0 Å². The summed E-state index contributed by atoms with van der Waals surface area (Å²) in [5.41, 5.74) is 21.8. The molecular formula is C44H70N4Ni. The molecule has 0 spiro atoms. The molecule has 4 nitrogen and oxygen atoms in total. The van der Waals surface area contributed by atoms with Gasteiger partial charge in [-0.3, -0.25) is 0 Å². The molecule has 3 rings (SSSR count). The molecule has 1 heterocycles. The van der Waals surface area contributed by atoms with E-state index in [2.05, 4.69) is 99.0 Å². The molecule has 1 aliphatic rings. The predicted octanol–water partition coefficient (Wildman–Crippen LogP) is 14.1. The second-order valence-electron chi connectivity index (χ2n) is 13.1. The third kappa shape index (κ3) is 17.4. The van der Waals surface area contributed by atoms with Crippen molar-refractivity contribution in [1.29, 1.82) is 0 Å².